The number of hydrogen-bond donors (Lipinski definition) is 1. The Balaban J connectivity index is 3.96. The minimum Gasteiger partial charge on any atom is -0.377 e. The van der Waals surface area contributed by atoms with Crippen molar-refractivity contribution in [3.05, 3.63) is 0 Å². The summed E-state index contributed by atoms with van der Waals surface area (Å²) >= 11 is 0. The Morgan fingerprint density at radius 1 is 0.850 bits per heavy atom. The highest BCUT2D eigenvalue weighted by molar-refractivity contribution is 6.60. The molecule has 0 aromatic carbocycles. The fraction of sp³-hybridized carbons (Fsp3) is 1.00. The first-order valence-corrected chi connectivity index (χ1v) is 10.00. The zero-order valence-electron chi connectivity index (χ0n) is 14.2. The fourth-order valence-electron chi connectivity index (χ4n) is 2.42. The Labute approximate surface area is 126 Å². The molecule has 0 atom stereocenters. The molecule has 0 aromatic rings. The molecule has 20 heavy (non-hydrogen) atoms. The number of hydrogen-bond acceptors (Lipinski definition) is 4. The van der Waals surface area contributed by atoms with Crippen molar-refractivity contribution in [3.8, 4) is 0 Å². The van der Waals surface area contributed by atoms with Gasteiger partial charge in [-0.15, -0.1) is 0 Å². The van der Waals surface area contributed by atoms with Crippen molar-refractivity contribution in [2.75, 3.05) is 27.9 Å². The van der Waals surface area contributed by atoms with Crippen molar-refractivity contribution in [2.45, 2.75) is 70.9 Å². The van der Waals surface area contributed by atoms with E-state index in [4.69, 9.17) is 13.3 Å². The number of rotatable bonds is 14. The molecule has 0 radical (unpaired) electrons. The first kappa shape index (κ1) is 20.1. The van der Waals surface area contributed by atoms with Crippen LogP contribution in [0, 0.1) is 0 Å². The first-order valence-electron chi connectivity index (χ1n) is 8.06. The van der Waals surface area contributed by atoms with Crippen LogP contribution in [0.2, 0.25) is 6.04 Å². The van der Waals surface area contributed by atoms with Crippen LogP contribution >= 0.6 is 0 Å². The van der Waals surface area contributed by atoms with Crippen LogP contribution in [0.4, 0.5) is 0 Å². The first-order chi connectivity index (χ1) is 9.67. The molecule has 0 saturated heterocycles. The van der Waals surface area contributed by atoms with Crippen molar-refractivity contribution >= 4 is 8.80 Å². The molecule has 0 amide bonds. The van der Waals surface area contributed by atoms with Crippen LogP contribution in [-0.2, 0) is 13.3 Å². The third-order valence-corrected chi connectivity index (χ3v) is 6.67. The Kier molecular flexibility index (Phi) is 12.8. The lowest BCUT2D eigenvalue weighted by atomic mass is 10.0. The molecule has 0 aromatic heterocycles. The fourth-order valence-corrected chi connectivity index (χ4v) is 4.14. The standard InChI is InChI=1S/C15H35NO3Si/c1-6-8-11-15(12-9-7-2)16-13-10-14-20(17-3,18-4)19-5/h15-16H,6-14H2,1-5H3. The molecule has 0 spiro atoms. The van der Waals surface area contributed by atoms with Gasteiger partial charge in [-0.05, 0) is 25.8 Å². The van der Waals surface area contributed by atoms with E-state index in [-0.39, 0.29) is 0 Å². The zero-order valence-corrected chi connectivity index (χ0v) is 15.2. The summed E-state index contributed by atoms with van der Waals surface area (Å²) in [6.07, 6.45) is 8.80. The van der Waals surface area contributed by atoms with Gasteiger partial charge in [0.1, 0.15) is 0 Å². The van der Waals surface area contributed by atoms with Gasteiger partial charge in [0.15, 0.2) is 0 Å². The molecule has 1 N–H and O–H groups in total. The van der Waals surface area contributed by atoms with Crippen molar-refractivity contribution in [2.24, 2.45) is 0 Å². The van der Waals surface area contributed by atoms with Crippen molar-refractivity contribution in [3.63, 3.8) is 0 Å². The normalized spacial score (nSPS) is 12.3. The van der Waals surface area contributed by atoms with Crippen LogP contribution in [0.15, 0.2) is 0 Å². The van der Waals surface area contributed by atoms with Crippen molar-refractivity contribution in [1.82, 2.24) is 5.32 Å². The minimum atomic E-state index is -2.38. The topological polar surface area (TPSA) is 39.7 Å². The van der Waals surface area contributed by atoms with E-state index in [1.165, 1.54) is 38.5 Å². The number of nitrogens with one attached hydrogen (secondary N) is 1. The highest BCUT2D eigenvalue weighted by atomic mass is 28.4. The summed E-state index contributed by atoms with van der Waals surface area (Å²) in [5.74, 6) is 0. The Bertz CT molecular complexity index is 197. The molecular weight excluding hydrogens is 270 g/mol. The SMILES string of the molecule is CCCCC(CCCC)NCCC[Si](OC)(OC)OC. The van der Waals surface area contributed by atoms with Crippen LogP contribution in [-0.4, -0.2) is 42.7 Å². The lowest BCUT2D eigenvalue weighted by Gasteiger charge is -2.25. The highest BCUT2D eigenvalue weighted by Gasteiger charge is 2.36. The average Bonchev–Trinajstić information content (AvgIpc) is 2.50. The molecule has 5 heteroatoms. The monoisotopic (exact) mass is 305 g/mol. The second kappa shape index (κ2) is 12.8. The van der Waals surface area contributed by atoms with Gasteiger partial charge in [0.25, 0.3) is 0 Å². The van der Waals surface area contributed by atoms with E-state index in [0.29, 0.717) is 6.04 Å². The van der Waals surface area contributed by atoms with Crippen LogP contribution in [0.1, 0.15) is 58.8 Å². The van der Waals surface area contributed by atoms with Gasteiger partial charge >= 0.3 is 8.80 Å². The molecule has 4 nitrogen and oxygen atoms in total. The second-order valence-electron chi connectivity index (χ2n) is 5.33. The molecule has 0 unspecified atom stereocenters. The minimum absolute atomic E-state index is 0.665. The van der Waals surface area contributed by atoms with Gasteiger partial charge in [0.2, 0.25) is 0 Å². The van der Waals surface area contributed by atoms with Gasteiger partial charge < -0.3 is 18.6 Å². The maximum Gasteiger partial charge on any atom is 0.500 e. The van der Waals surface area contributed by atoms with Gasteiger partial charge in [-0.2, -0.15) is 0 Å². The molecular formula is C15H35NO3Si. The van der Waals surface area contributed by atoms with Gasteiger partial charge in [-0.1, -0.05) is 39.5 Å². The van der Waals surface area contributed by atoms with E-state index in [1.54, 1.807) is 21.3 Å². The van der Waals surface area contributed by atoms with E-state index in [9.17, 15) is 0 Å². The second-order valence-corrected chi connectivity index (χ2v) is 8.43. The van der Waals surface area contributed by atoms with Gasteiger partial charge in [0.05, 0.1) is 0 Å². The summed E-state index contributed by atoms with van der Waals surface area (Å²) < 4.78 is 16.3. The number of unbranched alkanes of at least 4 members (excludes halogenated alkanes) is 2. The van der Waals surface area contributed by atoms with Gasteiger partial charge in [0, 0.05) is 33.4 Å². The van der Waals surface area contributed by atoms with Crippen LogP contribution in [0.3, 0.4) is 0 Å². The molecule has 0 aliphatic heterocycles. The Hall–Kier alpha value is 0.0569. The zero-order chi connectivity index (χ0) is 15.3. The molecule has 0 heterocycles. The maximum atomic E-state index is 5.44. The molecule has 122 valence electrons. The van der Waals surface area contributed by atoms with Crippen molar-refractivity contribution in [1.29, 1.82) is 0 Å². The lowest BCUT2D eigenvalue weighted by Crippen LogP contribution is -2.43. The quantitative estimate of drug-likeness (QED) is 0.393. The van der Waals surface area contributed by atoms with E-state index in [2.05, 4.69) is 19.2 Å². The summed E-state index contributed by atoms with van der Waals surface area (Å²) in [6, 6.07) is 1.54. The predicted molar refractivity (Wildman–Crippen MR) is 87.0 cm³/mol. The van der Waals surface area contributed by atoms with Crippen LogP contribution < -0.4 is 5.32 Å². The summed E-state index contributed by atoms with van der Waals surface area (Å²) in [5.41, 5.74) is 0. The van der Waals surface area contributed by atoms with Gasteiger partial charge in [-0.3, -0.25) is 0 Å². The molecule has 0 aliphatic rings. The summed E-state index contributed by atoms with van der Waals surface area (Å²) in [5, 5.41) is 3.69. The Morgan fingerprint density at radius 2 is 1.35 bits per heavy atom. The predicted octanol–water partition coefficient (Wildman–Crippen LogP) is 3.59. The molecule has 0 aliphatic carbocycles. The van der Waals surface area contributed by atoms with Crippen LogP contribution in [0.25, 0.3) is 0 Å². The van der Waals surface area contributed by atoms with E-state index in [0.717, 1.165) is 19.0 Å². The van der Waals surface area contributed by atoms with E-state index in [1.807, 2.05) is 0 Å². The van der Waals surface area contributed by atoms with E-state index < -0.39 is 8.80 Å². The summed E-state index contributed by atoms with van der Waals surface area (Å²) in [4.78, 5) is 0. The highest BCUT2D eigenvalue weighted by Crippen LogP contribution is 2.15. The Morgan fingerprint density at radius 3 is 1.75 bits per heavy atom. The third kappa shape index (κ3) is 8.37. The molecule has 0 bridgehead atoms. The largest absolute Gasteiger partial charge is 0.500 e. The summed E-state index contributed by atoms with van der Waals surface area (Å²) in [6.45, 7) is 5.53. The average molecular weight is 306 g/mol. The smallest absolute Gasteiger partial charge is 0.377 e. The third-order valence-electron chi connectivity index (χ3n) is 3.84. The summed E-state index contributed by atoms with van der Waals surface area (Å²) in [7, 11) is 2.66. The van der Waals surface area contributed by atoms with Crippen molar-refractivity contribution < 1.29 is 13.3 Å². The maximum absolute atomic E-state index is 5.44. The molecule has 0 rings (SSSR count). The molecule has 0 saturated carbocycles. The van der Waals surface area contributed by atoms with E-state index >= 15 is 0 Å². The molecule has 0 fully saturated rings. The van der Waals surface area contributed by atoms with Gasteiger partial charge in [-0.25, -0.2) is 0 Å². The van der Waals surface area contributed by atoms with Crippen LogP contribution in [0.5, 0.6) is 0 Å². The lowest BCUT2D eigenvalue weighted by molar-refractivity contribution is 0.123.